The number of unbranched alkanes of at least 4 members (excludes halogenated alkanes) is 9. The molecule has 2 aliphatic carbocycles. The fourth-order valence-corrected chi connectivity index (χ4v) is 9.34. The second-order valence-corrected chi connectivity index (χ2v) is 19.3. The lowest BCUT2D eigenvalue weighted by atomic mass is 9.77. The minimum atomic E-state index is -4.63. The van der Waals surface area contributed by atoms with Crippen LogP contribution in [0.2, 0.25) is 0 Å². The van der Waals surface area contributed by atoms with Crippen molar-refractivity contribution in [2.45, 2.75) is 226 Å². The molecular formula is C53H80F6O4. The van der Waals surface area contributed by atoms with Crippen molar-refractivity contribution >= 4 is 11.9 Å². The van der Waals surface area contributed by atoms with E-state index in [1.165, 1.54) is 88.2 Å². The predicted octanol–water partition coefficient (Wildman–Crippen LogP) is 17.6. The summed E-state index contributed by atoms with van der Waals surface area (Å²) in [6.07, 6.45) is 14.9. The molecule has 2 atom stereocenters. The van der Waals surface area contributed by atoms with Gasteiger partial charge in [0.25, 0.3) is 0 Å². The molecule has 4 rings (SSSR count). The Morgan fingerprint density at radius 3 is 1.08 bits per heavy atom. The van der Waals surface area contributed by atoms with Gasteiger partial charge in [0.1, 0.15) is 11.5 Å². The van der Waals surface area contributed by atoms with Crippen LogP contribution in [0.25, 0.3) is 0 Å². The van der Waals surface area contributed by atoms with E-state index in [0.717, 1.165) is 70.6 Å². The van der Waals surface area contributed by atoms with E-state index in [1.807, 2.05) is 38.1 Å². The highest BCUT2D eigenvalue weighted by atomic mass is 19.4. The highest BCUT2D eigenvalue weighted by Gasteiger charge is 2.58. The molecule has 2 aromatic rings. The van der Waals surface area contributed by atoms with Gasteiger partial charge >= 0.3 is 24.3 Å². The number of alkyl halides is 6. The van der Waals surface area contributed by atoms with Crippen LogP contribution in [0.3, 0.4) is 0 Å². The van der Waals surface area contributed by atoms with Gasteiger partial charge in [0.05, 0.1) is 0 Å². The number of carbonyl (C=O) groups is 2. The molecule has 358 valence electrons. The van der Waals surface area contributed by atoms with Crippen molar-refractivity contribution in [1.82, 2.24) is 0 Å². The maximum atomic E-state index is 13.7. The van der Waals surface area contributed by atoms with E-state index < -0.39 is 35.1 Å². The molecule has 0 spiro atoms. The molecule has 2 aromatic carbocycles. The SMILES string of the molecule is CCCCCC1CCC(c2ccc(OC(=O)C(C)(CCCCC)C(F)(F)F)cc2)CC1.CCCCCCC(C)(C(=O)Oc1ccc(C2CCC(CCCCC)CC2)cc1)C(F)(F)F. The Morgan fingerprint density at radius 2 is 0.762 bits per heavy atom. The summed E-state index contributed by atoms with van der Waals surface area (Å²) >= 11 is 0. The van der Waals surface area contributed by atoms with Gasteiger partial charge in [-0.1, -0.05) is 148 Å². The monoisotopic (exact) mass is 895 g/mol. The van der Waals surface area contributed by atoms with E-state index in [1.54, 1.807) is 24.3 Å². The molecule has 0 radical (unpaired) electrons. The number of halogens is 6. The standard InChI is InChI=1S/C27H41F3O2.C26H39F3O2/c1-4-6-8-10-20-26(3,27(28,29)30)25(31)32-24-18-16-23(17-19-24)22-14-12-21(13-15-22)11-9-7-5-2;1-4-6-8-10-20-11-13-21(14-12-20)22-15-17-23(18-16-22)31-24(30)25(3,26(27,28)29)19-9-7-5-2/h16-19,21-22H,4-15,20H2,1-3H3;15-18,20-21H,4-14,19H2,1-3H3. The van der Waals surface area contributed by atoms with Crippen LogP contribution in [-0.4, -0.2) is 24.3 Å². The molecule has 2 saturated carbocycles. The summed E-state index contributed by atoms with van der Waals surface area (Å²) in [6, 6.07) is 14.2. The summed E-state index contributed by atoms with van der Waals surface area (Å²) in [5.74, 6) is 0.594. The molecule has 2 fully saturated rings. The second kappa shape index (κ2) is 26.8. The number of rotatable bonds is 23. The van der Waals surface area contributed by atoms with Crippen LogP contribution in [-0.2, 0) is 9.59 Å². The molecule has 2 unspecified atom stereocenters. The van der Waals surface area contributed by atoms with Crippen LogP contribution in [0.5, 0.6) is 11.5 Å². The Labute approximate surface area is 376 Å². The molecule has 63 heavy (non-hydrogen) atoms. The first-order valence-corrected chi connectivity index (χ1v) is 24.7. The van der Waals surface area contributed by atoms with E-state index in [2.05, 4.69) is 13.8 Å². The van der Waals surface area contributed by atoms with Gasteiger partial charge in [0, 0.05) is 0 Å². The minimum absolute atomic E-state index is 0.188. The Bertz CT molecular complexity index is 1570. The van der Waals surface area contributed by atoms with Gasteiger partial charge in [0.2, 0.25) is 0 Å². The molecule has 0 saturated heterocycles. The molecule has 0 aliphatic heterocycles. The molecule has 0 aromatic heterocycles. The van der Waals surface area contributed by atoms with Gasteiger partial charge in [-0.15, -0.1) is 0 Å². The van der Waals surface area contributed by atoms with E-state index >= 15 is 0 Å². The lowest BCUT2D eigenvalue weighted by molar-refractivity contribution is -0.228. The van der Waals surface area contributed by atoms with Gasteiger partial charge < -0.3 is 9.47 Å². The largest absolute Gasteiger partial charge is 0.426 e. The molecule has 2 aliphatic rings. The zero-order chi connectivity index (χ0) is 46.5. The Morgan fingerprint density at radius 1 is 0.460 bits per heavy atom. The fraction of sp³-hybridized carbons (Fsp3) is 0.736. The third kappa shape index (κ3) is 17.0. The van der Waals surface area contributed by atoms with Crippen molar-refractivity contribution in [1.29, 1.82) is 0 Å². The second-order valence-electron chi connectivity index (χ2n) is 19.3. The summed E-state index contributed by atoms with van der Waals surface area (Å²) in [5.41, 5.74) is -2.57. The van der Waals surface area contributed by atoms with Gasteiger partial charge in [-0.3, -0.25) is 9.59 Å². The summed E-state index contributed by atoms with van der Waals surface area (Å²) < 4.78 is 92.4. The van der Waals surface area contributed by atoms with Crippen molar-refractivity contribution in [3.8, 4) is 11.5 Å². The van der Waals surface area contributed by atoms with Gasteiger partial charge in [-0.25, -0.2) is 0 Å². The first-order valence-electron chi connectivity index (χ1n) is 24.7. The van der Waals surface area contributed by atoms with Crippen LogP contribution in [0.4, 0.5) is 26.3 Å². The topological polar surface area (TPSA) is 52.6 Å². The molecule has 10 heteroatoms. The minimum Gasteiger partial charge on any atom is -0.426 e. The number of esters is 2. The van der Waals surface area contributed by atoms with E-state index in [4.69, 9.17) is 9.47 Å². The number of ether oxygens (including phenoxy) is 2. The molecule has 0 amide bonds. The molecule has 0 N–H and O–H groups in total. The maximum absolute atomic E-state index is 13.7. The maximum Gasteiger partial charge on any atom is 0.404 e. The van der Waals surface area contributed by atoms with Crippen LogP contribution in [0.1, 0.15) is 225 Å². The van der Waals surface area contributed by atoms with Crippen LogP contribution in [0.15, 0.2) is 48.5 Å². The highest BCUT2D eigenvalue weighted by Crippen LogP contribution is 2.46. The molecule has 0 heterocycles. The van der Waals surface area contributed by atoms with Crippen molar-refractivity contribution < 1.29 is 45.4 Å². The predicted molar refractivity (Wildman–Crippen MR) is 243 cm³/mol. The molecule has 4 nitrogen and oxygen atoms in total. The first-order chi connectivity index (χ1) is 29.9. The average molecular weight is 895 g/mol. The average Bonchev–Trinajstić information content (AvgIpc) is 3.26. The zero-order valence-corrected chi connectivity index (χ0v) is 39.5. The third-order valence-corrected chi connectivity index (χ3v) is 14.2. The molecular weight excluding hydrogens is 815 g/mol. The quantitative estimate of drug-likeness (QED) is 0.0483. The summed E-state index contributed by atoms with van der Waals surface area (Å²) in [7, 11) is 0. The lowest BCUT2D eigenvalue weighted by Gasteiger charge is -2.30. The fourth-order valence-electron chi connectivity index (χ4n) is 9.34. The molecule has 0 bridgehead atoms. The van der Waals surface area contributed by atoms with Gasteiger partial charge in [-0.2, -0.15) is 26.3 Å². The zero-order valence-electron chi connectivity index (χ0n) is 39.5. The van der Waals surface area contributed by atoms with E-state index in [-0.39, 0.29) is 24.3 Å². The van der Waals surface area contributed by atoms with E-state index in [9.17, 15) is 35.9 Å². The summed E-state index contributed by atoms with van der Waals surface area (Å²) in [5, 5.41) is 0. The van der Waals surface area contributed by atoms with Gasteiger partial charge in [0.15, 0.2) is 10.8 Å². The number of carbonyl (C=O) groups excluding carboxylic acids is 2. The number of benzene rings is 2. The normalized spacial score (nSPS) is 21.3. The highest BCUT2D eigenvalue weighted by molar-refractivity contribution is 5.80. The van der Waals surface area contributed by atoms with Crippen LogP contribution < -0.4 is 9.47 Å². The van der Waals surface area contributed by atoms with E-state index in [0.29, 0.717) is 37.5 Å². The van der Waals surface area contributed by atoms with Crippen LogP contribution >= 0.6 is 0 Å². The van der Waals surface area contributed by atoms with Crippen molar-refractivity contribution in [3.63, 3.8) is 0 Å². The summed E-state index contributed by atoms with van der Waals surface area (Å²) in [4.78, 5) is 25.0. The van der Waals surface area contributed by atoms with Crippen molar-refractivity contribution in [2.75, 3.05) is 0 Å². The van der Waals surface area contributed by atoms with Crippen LogP contribution in [0, 0.1) is 22.7 Å². The third-order valence-electron chi connectivity index (χ3n) is 14.2. The smallest absolute Gasteiger partial charge is 0.404 e. The first kappa shape index (κ1) is 54.3. The number of hydrogen-bond acceptors (Lipinski definition) is 4. The van der Waals surface area contributed by atoms with Gasteiger partial charge in [-0.05, 0) is 137 Å². The Kier molecular flexibility index (Phi) is 23.1. The Balaban J connectivity index is 0.000000335. The number of hydrogen-bond donors (Lipinski definition) is 0. The Hall–Kier alpha value is -3.04. The van der Waals surface area contributed by atoms with Crippen molar-refractivity contribution in [3.05, 3.63) is 59.7 Å². The summed E-state index contributed by atoms with van der Waals surface area (Å²) in [6.45, 7) is 10.3. The van der Waals surface area contributed by atoms with Crippen molar-refractivity contribution in [2.24, 2.45) is 22.7 Å². The lowest BCUT2D eigenvalue weighted by Crippen LogP contribution is -2.45.